The van der Waals surface area contributed by atoms with E-state index in [1.807, 2.05) is 19.1 Å². The summed E-state index contributed by atoms with van der Waals surface area (Å²) in [6, 6.07) is 5.70. The molecule has 5 heteroatoms. The van der Waals surface area contributed by atoms with Gasteiger partial charge in [-0.15, -0.1) is 0 Å². The van der Waals surface area contributed by atoms with Crippen molar-refractivity contribution in [3.05, 3.63) is 28.8 Å². The third-order valence-corrected chi connectivity index (χ3v) is 3.95. The normalized spacial score (nSPS) is 22.3. The second kappa shape index (κ2) is 6.26. The van der Waals surface area contributed by atoms with Crippen molar-refractivity contribution in [3.63, 3.8) is 0 Å². The van der Waals surface area contributed by atoms with E-state index in [1.54, 1.807) is 13.2 Å². The fraction of sp³-hybridized carbons (Fsp3) is 0.500. The Morgan fingerprint density at radius 1 is 1.58 bits per heavy atom. The Bertz CT molecular complexity index is 465. The zero-order valence-electron chi connectivity index (χ0n) is 11.2. The molecule has 1 aliphatic rings. The predicted octanol–water partition coefficient (Wildman–Crippen LogP) is 1.96. The van der Waals surface area contributed by atoms with Gasteiger partial charge in [-0.1, -0.05) is 17.7 Å². The molecular weight excluding hydrogens is 264 g/mol. The molecule has 19 heavy (non-hydrogen) atoms. The fourth-order valence-corrected chi connectivity index (χ4v) is 2.66. The number of carbonyl (C=O) groups is 1. The van der Waals surface area contributed by atoms with E-state index in [2.05, 4.69) is 10.6 Å². The van der Waals surface area contributed by atoms with E-state index in [0.717, 1.165) is 18.5 Å². The summed E-state index contributed by atoms with van der Waals surface area (Å²) in [7, 11) is 1.60. The molecule has 4 nitrogen and oxygen atoms in total. The van der Waals surface area contributed by atoms with E-state index in [0.29, 0.717) is 17.3 Å². The van der Waals surface area contributed by atoms with Crippen LogP contribution in [-0.2, 0) is 11.3 Å². The molecular formula is C14H19ClN2O2. The molecule has 1 aromatic carbocycles. The minimum atomic E-state index is 0.0356. The Kier molecular flexibility index (Phi) is 4.66. The van der Waals surface area contributed by atoms with Gasteiger partial charge >= 0.3 is 0 Å². The van der Waals surface area contributed by atoms with E-state index in [-0.39, 0.29) is 17.9 Å². The molecule has 1 heterocycles. The second-order valence-corrected chi connectivity index (χ2v) is 5.18. The van der Waals surface area contributed by atoms with Gasteiger partial charge in [0.15, 0.2) is 0 Å². The number of halogens is 1. The summed E-state index contributed by atoms with van der Waals surface area (Å²) < 4.78 is 5.26. The zero-order valence-corrected chi connectivity index (χ0v) is 12.0. The lowest BCUT2D eigenvalue weighted by molar-refractivity contribution is -0.125. The number of benzene rings is 1. The Morgan fingerprint density at radius 3 is 3.00 bits per heavy atom. The molecule has 1 aliphatic heterocycles. The minimum Gasteiger partial charge on any atom is -0.496 e. The molecule has 2 N–H and O–H groups in total. The van der Waals surface area contributed by atoms with Gasteiger partial charge in [0, 0.05) is 23.2 Å². The number of amides is 1. The molecule has 2 atom stereocenters. The third-order valence-electron chi connectivity index (χ3n) is 3.60. The highest BCUT2D eigenvalue weighted by Crippen LogP contribution is 2.26. The van der Waals surface area contributed by atoms with E-state index in [4.69, 9.17) is 16.3 Å². The highest BCUT2D eigenvalue weighted by Gasteiger charge is 2.29. The Balaban J connectivity index is 2.00. The Morgan fingerprint density at radius 2 is 2.37 bits per heavy atom. The Hall–Kier alpha value is -1.26. The quantitative estimate of drug-likeness (QED) is 0.888. The van der Waals surface area contributed by atoms with Gasteiger partial charge in [0.05, 0.1) is 13.0 Å². The van der Waals surface area contributed by atoms with Gasteiger partial charge < -0.3 is 15.4 Å². The predicted molar refractivity (Wildman–Crippen MR) is 75.4 cm³/mol. The molecule has 0 radical (unpaired) electrons. The van der Waals surface area contributed by atoms with Crippen LogP contribution in [0.3, 0.4) is 0 Å². The first-order valence-corrected chi connectivity index (χ1v) is 6.83. The first kappa shape index (κ1) is 14.2. The van der Waals surface area contributed by atoms with Crippen molar-refractivity contribution in [2.24, 2.45) is 5.92 Å². The Labute approximate surface area is 118 Å². The molecule has 0 bridgehead atoms. The van der Waals surface area contributed by atoms with Crippen LogP contribution in [0.15, 0.2) is 18.2 Å². The van der Waals surface area contributed by atoms with Crippen LogP contribution in [-0.4, -0.2) is 25.6 Å². The third kappa shape index (κ3) is 3.19. The fourth-order valence-electron chi connectivity index (χ4n) is 2.43. The number of methoxy groups -OCH3 is 1. The molecule has 1 saturated heterocycles. The van der Waals surface area contributed by atoms with E-state index in [9.17, 15) is 4.79 Å². The van der Waals surface area contributed by atoms with Gasteiger partial charge in [-0.3, -0.25) is 4.79 Å². The molecule has 1 amide bonds. The van der Waals surface area contributed by atoms with Crippen LogP contribution >= 0.6 is 11.6 Å². The maximum absolute atomic E-state index is 12.1. The average Bonchev–Trinajstić information content (AvgIpc) is 2.83. The molecule has 2 rings (SSSR count). The molecule has 0 saturated carbocycles. The van der Waals surface area contributed by atoms with Crippen molar-refractivity contribution in [3.8, 4) is 5.75 Å². The van der Waals surface area contributed by atoms with Gasteiger partial charge in [0.2, 0.25) is 5.91 Å². The summed E-state index contributed by atoms with van der Waals surface area (Å²) >= 11 is 6.14. The van der Waals surface area contributed by atoms with Crippen molar-refractivity contribution < 1.29 is 9.53 Å². The summed E-state index contributed by atoms with van der Waals surface area (Å²) in [6.07, 6.45) is 0.882. The summed E-state index contributed by atoms with van der Waals surface area (Å²) in [5.41, 5.74) is 0.818. The summed E-state index contributed by atoms with van der Waals surface area (Å²) in [5.74, 6) is 0.804. The van der Waals surface area contributed by atoms with E-state index in [1.165, 1.54) is 0 Å². The maximum Gasteiger partial charge on any atom is 0.224 e. The van der Waals surface area contributed by atoms with Crippen molar-refractivity contribution >= 4 is 17.5 Å². The van der Waals surface area contributed by atoms with Crippen LogP contribution in [0.25, 0.3) is 0 Å². The summed E-state index contributed by atoms with van der Waals surface area (Å²) in [5, 5.41) is 6.82. The summed E-state index contributed by atoms with van der Waals surface area (Å²) in [6.45, 7) is 3.33. The molecule has 104 valence electrons. The highest BCUT2D eigenvalue weighted by atomic mass is 35.5. The number of rotatable bonds is 4. The number of hydrogen-bond donors (Lipinski definition) is 2. The standard InChI is InChI=1S/C14H19ClN2O2/c1-9-10(6-7-16-9)14(18)17-8-11-12(15)4-3-5-13(11)19-2/h3-5,9-10,16H,6-8H2,1-2H3,(H,17,18). The molecule has 0 spiro atoms. The van der Waals surface area contributed by atoms with Crippen molar-refractivity contribution in [1.29, 1.82) is 0 Å². The molecule has 0 aromatic heterocycles. The zero-order chi connectivity index (χ0) is 13.8. The summed E-state index contributed by atoms with van der Waals surface area (Å²) in [4.78, 5) is 12.1. The molecule has 0 aliphatic carbocycles. The number of carbonyl (C=O) groups excluding carboxylic acids is 1. The minimum absolute atomic E-state index is 0.0356. The van der Waals surface area contributed by atoms with Crippen molar-refractivity contribution in [2.45, 2.75) is 25.9 Å². The molecule has 1 aromatic rings. The van der Waals surface area contributed by atoms with Crippen LogP contribution < -0.4 is 15.4 Å². The van der Waals surface area contributed by atoms with Gasteiger partial charge in [0.1, 0.15) is 5.75 Å². The first-order chi connectivity index (χ1) is 9.13. The van der Waals surface area contributed by atoms with Crippen LogP contribution in [0.2, 0.25) is 5.02 Å². The van der Waals surface area contributed by atoms with Crippen LogP contribution in [0.1, 0.15) is 18.9 Å². The van der Waals surface area contributed by atoms with Crippen LogP contribution in [0, 0.1) is 5.92 Å². The molecule has 1 fully saturated rings. The van der Waals surface area contributed by atoms with E-state index < -0.39 is 0 Å². The topological polar surface area (TPSA) is 50.4 Å². The van der Waals surface area contributed by atoms with Crippen molar-refractivity contribution in [2.75, 3.05) is 13.7 Å². The lowest BCUT2D eigenvalue weighted by Gasteiger charge is -2.16. The lowest BCUT2D eigenvalue weighted by Crippen LogP contribution is -2.36. The SMILES string of the molecule is COc1cccc(Cl)c1CNC(=O)C1CCNC1C. The second-order valence-electron chi connectivity index (χ2n) is 4.78. The molecule has 2 unspecified atom stereocenters. The van der Waals surface area contributed by atoms with E-state index >= 15 is 0 Å². The first-order valence-electron chi connectivity index (χ1n) is 6.46. The number of ether oxygens (including phenoxy) is 1. The van der Waals surface area contributed by atoms with Gasteiger partial charge in [-0.05, 0) is 32.0 Å². The smallest absolute Gasteiger partial charge is 0.224 e. The van der Waals surface area contributed by atoms with Gasteiger partial charge in [0.25, 0.3) is 0 Å². The van der Waals surface area contributed by atoms with Crippen LogP contribution in [0.4, 0.5) is 0 Å². The van der Waals surface area contributed by atoms with Gasteiger partial charge in [-0.2, -0.15) is 0 Å². The lowest BCUT2D eigenvalue weighted by atomic mass is 10.0. The largest absolute Gasteiger partial charge is 0.496 e. The number of nitrogens with one attached hydrogen (secondary N) is 2. The number of hydrogen-bond acceptors (Lipinski definition) is 3. The maximum atomic E-state index is 12.1. The van der Waals surface area contributed by atoms with Crippen LogP contribution in [0.5, 0.6) is 5.75 Å². The van der Waals surface area contributed by atoms with Crippen molar-refractivity contribution in [1.82, 2.24) is 10.6 Å². The highest BCUT2D eigenvalue weighted by molar-refractivity contribution is 6.31. The van der Waals surface area contributed by atoms with Gasteiger partial charge in [-0.25, -0.2) is 0 Å². The monoisotopic (exact) mass is 282 g/mol. The average molecular weight is 283 g/mol.